The summed E-state index contributed by atoms with van der Waals surface area (Å²) in [6.07, 6.45) is 1.30. The second-order valence-electron chi connectivity index (χ2n) is 3.75. The molecule has 5 nitrogen and oxygen atoms in total. The van der Waals surface area contributed by atoms with Gasteiger partial charge in [-0.1, -0.05) is 0 Å². The van der Waals surface area contributed by atoms with Crippen molar-refractivity contribution in [2.75, 3.05) is 18.1 Å². The van der Waals surface area contributed by atoms with Gasteiger partial charge in [-0.2, -0.15) is 11.8 Å². The first-order valence-corrected chi connectivity index (χ1v) is 5.88. The largest absolute Gasteiger partial charge is 0.480 e. The van der Waals surface area contributed by atoms with E-state index in [9.17, 15) is 4.79 Å². The molecular weight excluding hydrogens is 214 g/mol. The fourth-order valence-corrected chi connectivity index (χ4v) is 1.97. The van der Waals surface area contributed by atoms with Crippen LogP contribution in [0.5, 0.6) is 0 Å². The molecule has 0 saturated heterocycles. The maximum absolute atomic E-state index is 10.7. The average molecular weight is 233 g/mol. The summed E-state index contributed by atoms with van der Waals surface area (Å²) in [5.74, 6) is 0.197. The molecule has 5 N–H and O–H groups in total. The van der Waals surface area contributed by atoms with Crippen LogP contribution >= 0.6 is 11.8 Å². The fraction of sp³-hybridized carbons (Fsp3) is 0.778. The van der Waals surface area contributed by atoms with Gasteiger partial charge in [0.05, 0.1) is 0 Å². The second kappa shape index (κ2) is 6.81. The number of carboxylic acids is 1. The number of rotatable bonds is 8. The first-order valence-electron chi connectivity index (χ1n) is 4.72. The van der Waals surface area contributed by atoms with Crippen molar-refractivity contribution >= 4 is 23.9 Å². The standard InChI is InChI=1S/C9H19N3O2S/c1-7(12-4-3-10)5-15-6-9(2,11)8(13)14/h3,7,10,12H,4-6,11H2,1-2H3,(H,13,14)/t7?,9-/m0/s1. The third kappa shape index (κ3) is 6.48. The van der Waals surface area contributed by atoms with E-state index in [1.165, 1.54) is 24.9 Å². The highest BCUT2D eigenvalue weighted by Crippen LogP contribution is 2.11. The summed E-state index contributed by atoms with van der Waals surface area (Å²) < 4.78 is 0. The molecule has 88 valence electrons. The average Bonchev–Trinajstić information content (AvgIpc) is 2.14. The van der Waals surface area contributed by atoms with E-state index >= 15 is 0 Å². The Kier molecular flexibility index (Phi) is 6.55. The zero-order chi connectivity index (χ0) is 11.9. The highest BCUT2D eigenvalue weighted by molar-refractivity contribution is 7.99. The molecule has 1 unspecified atom stereocenters. The Balaban J connectivity index is 3.69. The van der Waals surface area contributed by atoms with Gasteiger partial charge in [-0.15, -0.1) is 0 Å². The van der Waals surface area contributed by atoms with E-state index in [1.807, 2.05) is 6.92 Å². The van der Waals surface area contributed by atoms with Gasteiger partial charge in [-0.05, 0) is 13.8 Å². The third-order valence-corrected chi connectivity index (χ3v) is 3.37. The zero-order valence-corrected chi connectivity index (χ0v) is 9.93. The summed E-state index contributed by atoms with van der Waals surface area (Å²) >= 11 is 1.50. The van der Waals surface area contributed by atoms with Gasteiger partial charge in [0.1, 0.15) is 5.54 Å². The van der Waals surface area contributed by atoms with Crippen molar-refractivity contribution in [3.05, 3.63) is 0 Å². The van der Waals surface area contributed by atoms with Crippen molar-refractivity contribution in [3.8, 4) is 0 Å². The molecule has 15 heavy (non-hydrogen) atoms. The fourth-order valence-electron chi connectivity index (χ4n) is 0.828. The van der Waals surface area contributed by atoms with Gasteiger partial charge in [0.2, 0.25) is 0 Å². The van der Waals surface area contributed by atoms with E-state index in [0.29, 0.717) is 12.3 Å². The maximum atomic E-state index is 10.7. The van der Waals surface area contributed by atoms with Crippen LogP contribution in [0.15, 0.2) is 0 Å². The van der Waals surface area contributed by atoms with Crippen LogP contribution in [0.1, 0.15) is 13.8 Å². The van der Waals surface area contributed by atoms with E-state index in [2.05, 4.69) is 5.32 Å². The SMILES string of the molecule is CC(CSC[C@](C)(N)C(=O)O)NCC=N. The Bertz CT molecular complexity index is 221. The molecule has 0 bridgehead atoms. The molecule has 0 radical (unpaired) electrons. The monoisotopic (exact) mass is 233 g/mol. The molecule has 0 spiro atoms. The van der Waals surface area contributed by atoms with Crippen LogP contribution in [0.25, 0.3) is 0 Å². The van der Waals surface area contributed by atoms with Gasteiger partial charge in [0.15, 0.2) is 0 Å². The molecule has 0 aliphatic rings. The molecule has 0 fully saturated rings. The van der Waals surface area contributed by atoms with Crippen LogP contribution in [-0.4, -0.2) is 46.9 Å². The van der Waals surface area contributed by atoms with Crippen molar-refractivity contribution in [1.82, 2.24) is 5.32 Å². The normalized spacial score (nSPS) is 16.7. The van der Waals surface area contributed by atoms with E-state index in [4.69, 9.17) is 16.2 Å². The van der Waals surface area contributed by atoms with Crippen LogP contribution in [0.2, 0.25) is 0 Å². The van der Waals surface area contributed by atoms with Gasteiger partial charge in [0.25, 0.3) is 0 Å². The van der Waals surface area contributed by atoms with Crippen LogP contribution in [0, 0.1) is 5.41 Å². The Morgan fingerprint density at radius 2 is 2.40 bits per heavy atom. The van der Waals surface area contributed by atoms with E-state index in [-0.39, 0.29) is 6.04 Å². The lowest BCUT2D eigenvalue weighted by Crippen LogP contribution is -2.47. The number of carboxylic acid groups (broad SMARTS) is 1. The third-order valence-electron chi connectivity index (χ3n) is 1.83. The minimum Gasteiger partial charge on any atom is -0.480 e. The number of aliphatic carboxylic acids is 1. The minimum absolute atomic E-state index is 0.251. The Morgan fingerprint density at radius 3 is 2.87 bits per heavy atom. The Labute approximate surface area is 94.3 Å². The summed E-state index contributed by atoms with van der Waals surface area (Å²) in [4.78, 5) is 10.7. The molecule has 0 rings (SSSR count). The molecule has 0 aliphatic carbocycles. The van der Waals surface area contributed by atoms with Crippen LogP contribution < -0.4 is 11.1 Å². The summed E-state index contributed by atoms with van der Waals surface area (Å²) in [6, 6.07) is 0.251. The lowest BCUT2D eigenvalue weighted by Gasteiger charge is -2.19. The minimum atomic E-state index is -1.16. The molecule has 6 heteroatoms. The molecule has 0 saturated carbocycles. The van der Waals surface area contributed by atoms with E-state index in [0.717, 1.165) is 5.75 Å². The predicted octanol–water partition coefficient (Wildman–Crippen LogP) is 0.149. The Hall–Kier alpha value is -0.590. The highest BCUT2D eigenvalue weighted by atomic mass is 32.2. The Morgan fingerprint density at radius 1 is 1.80 bits per heavy atom. The van der Waals surface area contributed by atoms with Gasteiger partial charge < -0.3 is 21.6 Å². The first kappa shape index (κ1) is 14.4. The number of thioether (sulfide) groups is 1. The molecule has 0 aromatic heterocycles. The highest BCUT2D eigenvalue weighted by Gasteiger charge is 2.27. The van der Waals surface area contributed by atoms with Crippen molar-refractivity contribution in [1.29, 1.82) is 5.41 Å². The quantitative estimate of drug-likeness (QED) is 0.447. The number of nitrogens with one attached hydrogen (secondary N) is 2. The molecular formula is C9H19N3O2S. The molecule has 0 aromatic carbocycles. The molecule has 0 aliphatic heterocycles. The summed E-state index contributed by atoms with van der Waals surface area (Å²) in [6.45, 7) is 4.05. The van der Waals surface area contributed by atoms with Crippen molar-refractivity contribution in [3.63, 3.8) is 0 Å². The molecule has 0 aromatic rings. The molecule has 0 heterocycles. The number of nitrogens with two attached hydrogens (primary N) is 1. The number of carbonyl (C=O) groups is 1. The smallest absolute Gasteiger partial charge is 0.324 e. The summed E-state index contributed by atoms with van der Waals surface area (Å²) in [5.41, 5.74) is 4.41. The van der Waals surface area contributed by atoms with Crippen LogP contribution in [-0.2, 0) is 4.79 Å². The van der Waals surface area contributed by atoms with E-state index in [1.54, 1.807) is 0 Å². The lowest BCUT2D eigenvalue weighted by molar-refractivity contribution is -0.141. The van der Waals surface area contributed by atoms with Crippen molar-refractivity contribution in [2.24, 2.45) is 5.73 Å². The van der Waals surface area contributed by atoms with Crippen molar-refractivity contribution in [2.45, 2.75) is 25.4 Å². The molecule has 2 atom stereocenters. The molecule has 0 amide bonds. The van der Waals surface area contributed by atoms with Gasteiger partial charge in [-0.25, -0.2) is 0 Å². The number of hydrogen-bond acceptors (Lipinski definition) is 5. The maximum Gasteiger partial charge on any atom is 0.324 e. The summed E-state index contributed by atoms with van der Waals surface area (Å²) in [5, 5.41) is 18.7. The predicted molar refractivity (Wildman–Crippen MR) is 63.8 cm³/mol. The van der Waals surface area contributed by atoms with Crippen molar-refractivity contribution < 1.29 is 9.90 Å². The van der Waals surface area contributed by atoms with E-state index < -0.39 is 11.5 Å². The zero-order valence-electron chi connectivity index (χ0n) is 9.12. The van der Waals surface area contributed by atoms with Crippen LogP contribution in [0.4, 0.5) is 0 Å². The van der Waals surface area contributed by atoms with Gasteiger partial charge in [0, 0.05) is 30.3 Å². The van der Waals surface area contributed by atoms with Gasteiger partial charge >= 0.3 is 5.97 Å². The summed E-state index contributed by atoms with van der Waals surface area (Å²) in [7, 11) is 0. The lowest BCUT2D eigenvalue weighted by atomic mass is 10.1. The topological polar surface area (TPSA) is 99.2 Å². The number of hydrogen-bond donors (Lipinski definition) is 4. The first-order chi connectivity index (χ1) is 6.90. The van der Waals surface area contributed by atoms with Crippen LogP contribution in [0.3, 0.4) is 0 Å². The van der Waals surface area contributed by atoms with Gasteiger partial charge in [-0.3, -0.25) is 4.79 Å². The second-order valence-corrected chi connectivity index (χ2v) is 4.78.